The van der Waals surface area contributed by atoms with Gasteiger partial charge in [-0.1, -0.05) is 6.92 Å². The summed E-state index contributed by atoms with van der Waals surface area (Å²) >= 11 is 0. The molecule has 0 aliphatic rings. The van der Waals surface area contributed by atoms with Gasteiger partial charge in [0.05, 0.1) is 0 Å². The van der Waals surface area contributed by atoms with Gasteiger partial charge in [-0.25, -0.2) is 0 Å². The molecule has 1 heterocycles. The van der Waals surface area contributed by atoms with Gasteiger partial charge in [0, 0.05) is 23.6 Å². The molecule has 0 bridgehead atoms. The molecule has 98 valence electrons. The quantitative estimate of drug-likeness (QED) is 0.825. The van der Waals surface area contributed by atoms with E-state index in [0.717, 1.165) is 28.7 Å². The lowest BCUT2D eigenvalue weighted by Crippen LogP contribution is -2.15. The number of nitrogen functional groups attached to an aromatic ring is 1. The lowest BCUT2D eigenvalue weighted by Gasteiger charge is -2.16. The predicted octanol–water partition coefficient (Wildman–Crippen LogP) is 2.30. The van der Waals surface area contributed by atoms with Crippen LogP contribution >= 0.6 is 0 Å². The van der Waals surface area contributed by atoms with Crippen LogP contribution in [0.5, 0.6) is 0 Å². The fourth-order valence-electron chi connectivity index (χ4n) is 2.28. The summed E-state index contributed by atoms with van der Waals surface area (Å²) < 4.78 is 0. The zero-order valence-corrected chi connectivity index (χ0v) is 11.1. The van der Waals surface area contributed by atoms with Crippen LogP contribution in [0.2, 0.25) is 0 Å². The zero-order valence-electron chi connectivity index (χ0n) is 11.1. The molecule has 0 unspecified atom stereocenters. The highest BCUT2D eigenvalue weighted by Gasteiger charge is 2.16. The van der Waals surface area contributed by atoms with E-state index in [1.165, 1.54) is 0 Å². The normalized spacial score (nSPS) is 10.4. The first-order chi connectivity index (χ1) is 9.06. The van der Waals surface area contributed by atoms with Crippen LogP contribution in [0.25, 0.3) is 11.1 Å². The van der Waals surface area contributed by atoms with Crippen molar-refractivity contribution >= 4 is 11.6 Å². The Hall–Kier alpha value is -2.36. The molecule has 0 fully saturated rings. The van der Waals surface area contributed by atoms with E-state index in [2.05, 4.69) is 4.98 Å². The number of anilines is 1. The van der Waals surface area contributed by atoms with Crippen LogP contribution in [0, 0.1) is 6.92 Å². The van der Waals surface area contributed by atoms with Gasteiger partial charge in [-0.3, -0.25) is 9.78 Å². The van der Waals surface area contributed by atoms with E-state index in [4.69, 9.17) is 11.5 Å². The van der Waals surface area contributed by atoms with Crippen molar-refractivity contribution in [2.75, 3.05) is 5.73 Å². The number of hydrogen-bond acceptors (Lipinski definition) is 3. The predicted molar refractivity (Wildman–Crippen MR) is 76.7 cm³/mol. The minimum atomic E-state index is -0.456. The summed E-state index contributed by atoms with van der Waals surface area (Å²) in [5.41, 5.74) is 16.4. The second-order valence-corrected chi connectivity index (χ2v) is 4.44. The summed E-state index contributed by atoms with van der Waals surface area (Å²) in [7, 11) is 0. The molecule has 1 amide bonds. The highest BCUT2D eigenvalue weighted by molar-refractivity contribution is 5.98. The first kappa shape index (κ1) is 13.1. The van der Waals surface area contributed by atoms with Gasteiger partial charge in [0.25, 0.3) is 0 Å². The number of aromatic nitrogens is 1. The molecule has 0 saturated carbocycles. The number of rotatable bonds is 3. The number of amides is 1. The highest BCUT2D eigenvalue weighted by atomic mass is 16.1. The average molecular weight is 255 g/mol. The molecule has 0 radical (unpaired) electrons. The summed E-state index contributed by atoms with van der Waals surface area (Å²) in [6.07, 6.45) is 4.23. The van der Waals surface area contributed by atoms with E-state index in [0.29, 0.717) is 11.3 Å². The molecule has 2 aromatic rings. The Morgan fingerprint density at radius 1 is 1.32 bits per heavy atom. The Balaban J connectivity index is 2.76. The first-order valence-corrected chi connectivity index (χ1v) is 6.18. The lowest BCUT2D eigenvalue weighted by molar-refractivity contribution is 0.1000. The minimum absolute atomic E-state index is 0.456. The molecule has 1 aromatic carbocycles. The Bertz CT molecular complexity index is 621. The molecular formula is C15H17N3O. The van der Waals surface area contributed by atoms with E-state index in [9.17, 15) is 4.79 Å². The van der Waals surface area contributed by atoms with Gasteiger partial charge in [-0.15, -0.1) is 0 Å². The third kappa shape index (κ3) is 2.29. The molecule has 0 spiro atoms. The number of nitrogens with two attached hydrogens (primary N) is 2. The molecule has 0 aliphatic carbocycles. The smallest absolute Gasteiger partial charge is 0.249 e. The van der Waals surface area contributed by atoms with Crippen LogP contribution < -0.4 is 11.5 Å². The van der Waals surface area contributed by atoms with Crippen LogP contribution in [-0.2, 0) is 6.42 Å². The molecular weight excluding hydrogens is 238 g/mol. The number of carbonyl (C=O) groups is 1. The third-order valence-corrected chi connectivity index (χ3v) is 3.36. The minimum Gasteiger partial charge on any atom is -0.398 e. The Morgan fingerprint density at radius 3 is 2.47 bits per heavy atom. The van der Waals surface area contributed by atoms with Crippen LogP contribution in [0.15, 0.2) is 30.6 Å². The third-order valence-electron chi connectivity index (χ3n) is 3.36. The number of primary amides is 1. The Morgan fingerprint density at radius 2 is 1.95 bits per heavy atom. The maximum Gasteiger partial charge on any atom is 0.249 e. The van der Waals surface area contributed by atoms with Crippen LogP contribution in [0.1, 0.15) is 28.4 Å². The molecule has 0 aliphatic heterocycles. The fraction of sp³-hybridized carbons (Fsp3) is 0.200. The number of hydrogen-bond donors (Lipinski definition) is 2. The van der Waals surface area contributed by atoms with Crippen LogP contribution in [0.4, 0.5) is 5.69 Å². The van der Waals surface area contributed by atoms with Crippen molar-refractivity contribution in [1.29, 1.82) is 0 Å². The van der Waals surface area contributed by atoms with Gasteiger partial charge in [-0.2, -0.15) is 0 Å². The second kappa shape index (κ2) is 5.10. The molecule has 0 saturated heterocycles. The molecule has 0 atom stereocenters. The van der Waals surface area contributed by atoms with Crippen LogP contribution in [-0.4, -0.2) is 10.9 Å². The number of nitrogens with zero attached hydrogens (tertiary/aromatic N) is 1. The highest BCUT2D eigenvalue weighted by Crippen LogP contribution is 2.32. The largest absolute Gasteiger partial charge is 0.398 e. The van der Waals surface area contributed by atoms with Crippen molar-refractivity contribution in [3.63, 3.8) is 0 Å². The second-order valence-electron chi connectivity index (χ2n) is 4.44. The maximum atomic E-state index is 11.5. The molecule has 1 aromatic heterocycles. The van der Waals surface area contributed by atoms with E-state index >= 15 is 0 Å². The maximum absolute atomic E-state index is 11.5. The molecule has 2 rings (SSSR count). The number of benzene rings is 1. The van der Waals surface area contributed by atoms with Crippen molar-refractivity contribution < 1.29 is 4.79 Å². The lowest BCUT2D eigenvalue weighted by atomic mass is 9.91. The number of carbonyl (C=O) groups excluding carboxylic acids is 1. The van der Waals surface area contributed by atoms with Gasteiger partial charge in [0.2, 0.25) is 5.91 Å². The van der Waals surface area contributed by atoms with Gasteiger partial charge >= 0.3 is 0 Å². The molecule has 4 N–H and O–H groups in total. The molecule has 4 nitrogen and oxygen atoms in total. The van der Waals surface area contributed by atoms with Crippen molar-refractivity contribution in [2.24, 2.45) is 5.73 Å². The van der Waals surface area contributed by atoms with E-state index < -0.39 is 5.91 Å². The summed E-state index contributed by atoms with van der Waals surface area (Å²) in [5, 5.41) is 0. The van der Waals surface area contributed by atoms with Crippen LogP contribution in [0.3, 0.4) is 0 Å². The van der Waals surface area contributed by atoms with Crippen molar-refractivity contribution in [3.05, 3.63) is 47.3 Å². The van der Waals surface area contributed by atoms with Crippen molar-refractivity contribution in [1.82, 2.24) is 4.98 Å². The Labute approximate surface area is 112 Å². The fourth-order valence-corrected chi connectivity index (χ4v) is 2.28. The average Bonchev–Trinajstić information content (AvgIpc) is 2.42. The summed E-state index contributed by atoms with van der Waals surface area (Å²) in [4.78, 5) is 15.5. The van der Waals surface area contributed by atoms with E-state index in [1.54, 1.807) is 12.4 Å². The summed E-state index contributed by atoms with van der Waals surface area (Å²) in [6, 6.07) is 5.62. The zero-order chi connectivity index (χ0) is 14.0. The topological polar surface area (TPSA) is 82.0 Å². The van der Waals surface area contributed by atoms with Gasteiger partial charge in [0.15, 0.2) is 0 Å². The monoisotopic (exact) mass is 255 g/mol. The van der Waals surface area contributed by atoms with Gasteiger partial charge in [0.1, 0.15) is 0 Å². The summed E-state index contributed by atoms with van der Waals surface area (Å²) in [5.74, 6) is -0.456. The van der Waals surface area contributed by atoms with Crippen molar-refractivity contribution in [2.45, 2.75) is 20.3 Å². The van der Waals surface area contributed by atoms with Gasteiger partial charge < -0.3 is 11.5 Å². The molecule has 19 heavy (non-hydrogen) atoms. The van der Waals surface area contributed by atoms with Crippen molar-refractivity contribution in [3.8, 4) is 11.1 Å². The SMILES string of the molecule is CCc1c(-c2ccncc2)cc(C(N)=O)c(C)c1N. The first-order valence-electron chi connectivity index (χ1n) is 6.18. The van der Waals surface area contributed by atoms with E-state index in [-0.39, 0.29) is 0 Å². The molecule has 4 heteroatoms. The summed E-state index contributed by atoms with van der Waals surface area (Å²) in [6.45, 7) is 3.87. The standard InChI is InChI=1S/C15H17N3O/c1-3-11-13(10-4-6-18-7-5-10)8-12(15(17)19)9(2)14(11)16/h4-8H,3,16H2,1-2H3,(H2,17,19). The Kier molecular flexibility index (Phi) is 3.51. The van der Waals surface area contributed by atoms with E-state index in [1.807, 2.05) is 32.0 Å². The van der Waals surface area contributed by atoms with Gasteiger partial charge in [-0.05, 0) is 53.8 Å². The number of pyridine rings is 1.